The lowest BCUT2D eigenvalue weighted by Crippen LogP contribution is -2.26. The Morgan fingerprint density at radius 2 is 1.78 bits per heavy atom. The van der Waals surface area contributed by atoms with E-state index in [0.717, 1.165) is 24.2 Å². The Hall–Kier alpha value is -2.05. The molecule has 120 valence electrons. The first kappa shape index (κ1) is 14.5. The summed E-state index contributed by atoms with van der Waals surface area (Å²) in [5, 5.41) is 3.11. The van der Waals surface area contributed by atoms with Crippen molar-refractivity contribution < 1.29 is 0 Å². The molecule has 2 unspecified atom stereocenters. The molecular weight excluding hydrogens is 288 g/mol. The maximum atomic E-state index is 4.47. The molecule has 2 atom stereocenters. The van der Waals surface area contributed by atoms with E-state index in [1.54, 1.807) is 18.5 Å². The third-order valence-electron chi connectivity index (χ3n) is 4.78. The van der Waals surface area contributed by atoms with Crippen LogP contribution in [0.4, 0.5) is 11.8 Å². The van der Waals surface area contributed by atoms with Gasteiger partial charge < -0.3 is 10.2 Å². The fourth-order valence-electron chi connectivity index (χ4n) is 3.78. The Bertz CT molecular complexity index is 630. The minimum Gasteiger partial charge on any atom is -0.309 e. The highest BCUT2D eigenvalue weighted by atomic mass is 15.2. The molecule has 2 aliphatic heterocycles. The molecule has 6 nitrogen and oxygen atoms in total. The van der Waals surface area contributed by atoms with Crippen molar-refractivity contribution in [2.75, 3.05) is 38.5 Å². The summed E-state index contributed by atoms with van der Waals surface area (Å²) in [6.45, 7) is 5.92. The van der Waals surface area contributed by atoms with Crippen molar-refractivity contribution >= 4 is 11.8 Å². The second-order valence-corrected chi connectivity index (χ2v) is 6.68. The van der Waals surface area contributed by atoms with E-state index in [1.807, 2.05) is 12.3 Å². The predicted octanol–water partition coefficient (Wildman–Crippen LogP) is 1.61. The molecule has 2 aromatic rings. The van der Waals surface area contributed by atoms with Crippen LogP contribution in [0, 0.1) is 11.8 Å². The van der Waals surface area contributed by atoms with Gasteiger partial charge in [0, 0.05) is 51.3 Å². The first-order chi connectivity index (χ1) is 11.3. The number of nitrogens with one attached hydrogen (secondary N) is 1. The molecule has 2 aliphatic rings. The number of pyridine rings is 1. The molecule has 2 fully saturated rings. The standard InChI is InChI=1S/C17H22N6/c1-22-9-14-11-23(12-15(14)10-22)8-13-3-4-16(20-7-13)21-17-18-5-2-6-19-17/h2-7,14-15H,8-12H2,1H3,(H,18,19,20,21). The number of aromatic nitrogens is 3. The van der Waals surface area contributed by atoms with Crippen LogP contribution in [-0.2, 0) is 6.54 Å². The summed E-state index contributed by atoms with van der Waals surface area (Å²) in [5.74, 6) is 3.05. The molecule has 0 amide bonds. The first-order valence-corrected chi connectivity index (χ1v) is 8.16. The van der Waals surface area contributed by atoms with Crippen LogP contribution >= 0.6 is 0 Å². The summed E-state index contributed by atoms with van der Waals surface area (Å²) >= 11 is 0. The van der Waals surface area contributed by atoms with Crippen LogP contribution in [0.15, 0.2) is 36.8 Å². The van der Waals surface area contributed by atoms with Crippen molar-refractivity contribution in [3.8, 4) is 0 Å². The van der Waals surface area contributed by atoms with E-state index in [0.29, 0.717) is 5.95 Å². The van der Waals surface area contributed by atoms with Crippen molar-refractivity contribution in [2.24, 2.45) is 11.8 Å². The molecular formula is C17H22N6. The minimum atomic E-state index is 0.573. The van der Waals surface area contributed by atoms with E-state index in [-0.39, 0.29) is 0 Å². The molecule has 1 N–H and O–H groups in total. The molecule has 23 heavy (non-hydrogen) atoms. The number of rotatable bonds is 4. The van der Waals surface area contributed by atoms with Gasteiger partial charge in [0.2, 0.25) is 5.95 Å². The average Bonchev–Trinajstić information content (AvgIpc) is 3.07. The summed E-state index contributed by atoms with van der Waals surface area (Å²) in [4.78, 5) is 17.8. The van der Waals surface area contributed by atoms with Crippen LogP contribution in [0.3, 0.4) is 0 Å². The smallest absolute Gasteiger partial charge is 0.228 e. The van der Waals surface area contributed by atoms with Gasteiger partial charge in [-0.15, -0.1) is 0 Å². The molecule has 0 spiro atoms. The Kier molecular flexibility index (Phi) is 3.93. The minimum absolute atomic E-state index is 0.573. The van der Waals surface area contributed by atoms with Crippen LogP contribution < -0.4 is 5.32 Å². The van der Waals surface area contributed by atoms with E-state index < -0.39 is 0 Å². The second kappa shape index (κ2) is 6.22. The maximum absolute atomic E-state index is 4.47. The van der Waals surface area contributed by atoms with Crippen LogP contribution in [0.25, 0.3) is 0 Å². The number of hydrogen-bond acceptors (Lipinski definition) is 6. The predicted molar refractivity (Wildman–Crippen MR) is 89.3 cm³/mol. The molecule has 0 radical (unpaired) electrons. The van der Waals surface area contributed by atoms with E-state index in [9.17, 15) is 0 Å². The zero-order valence-electron chi connectivity index (χ0n) is 13.4. The Balaban J connectivity index is 1.34. The van der Waals surface area contributed by atoms with Crippen molar-refractivity contribution in [2.45, 2.75) is 6.54 Å². The zero-order valence-corrected chi connectivity index (χ0v) is 13.4. The topological polar surface area (TPSA) is 57.2 Å². The Labute approximate surface area is 136 Å². The highest BCUT2D eigenvalue weighted by Crippen LogP contribution is 2.30. The third kappa shape index (κ3) is 3.33. The van der Waals surface area contributed by atoms with Gasteiger partial charge in [-0.3, -0.25) is 4.90 Å². The second-order valence-electron chi connectivity index (χ2n) is 6.68. The molecule has 2 aromatic heterocycles. The molecule has 4 rings (SSSR count). The van der Waals surface area contributed by atoms with Crippen LogP contribution in [0.5, 0.6) is 0 Å². The summed E-state index contributed by atoms with van der Waals surface area (Å²) in [6.07, 6.45) is 5.38. The van der Waals surface area contributed by atoms with Gasteiger partial charge in [-0.2, -0.15) is 0 Å². The highest BCUT2D eigenvalue weighted by Gasteiger charge is 2.38. The Morgan fingerprint density at radius 3 is 2.43 bits per heavy atom. The van der Waals surface area contributed by atoms with Gasteiger partial charge in [-0.1, -0.05) is 6.07 Å². The van der Waals surface area contributed by atoms with Crippen molar-refractivity contribution in [3.05, 3.63) is 42.4 Å². The van der Waals surface area contributed by atoms with Gasteiger partial charge >= 0.3 is 0 Å². The molecule has 0 bridgehead atoms. The summed E-state index contributed by atoms with van der Waals surface area (Å²) in [7, 11) is 2.23. The summed E-state index contributed by atoms with van der Waals surface area (Å²) in [6, 6.07) is 5.93. The van der Waals surface area contributed by atoms with Gasteiger partial charge in [0.15, 0.2) is 0 Å². The Morgan fingerprint density at radius 1 is 1.04 bits per heavy atom. The van der Waals surface area contributed by atoms with E-state index in [1.165, 1.54) is 31.7 Å². The normalized spacial score (nSPS) is 24.7. The molecule has 0 saturated carbocycles. The number of nitrogens with zero attached hydrogens (tertiary/aromatic N) is 5. The fourth-order valence-corrected chi connectivity index (χ4v) is 3.78. The van der Waals surface area contributed by atoms with Crippen LogP contribution in [0.2, 0.25) is 0 Å². The van der Waals surface area contributed by atoms with Crippen LogP contribution in [-0.4, -0.2) is 58.0 Å². The van der Waals surface area contributed by atoms with E-state index in [4.69, 9.17) is 0 Å². The maximum Gasteiger partial charge on any atom is 0.228 e. The van der Waals surface area contributed by atoms with Gasteiger partial charge in [0.1, 0.15) is 5.82 Å². The molecule has 4 heterocycles. The number of hydrogen-bond donors (Lipinski definition) is 1. The molecule has 0 aromatic carbocycles. The average molecular weight is 310 g/mol. The monoisotopic (exact) mass is 310 g/mol. The lowest BCUT2D eigenvalue weighted by molar-refractivity contribution is 0.272. The van der Waals surface area contributed by atoms with Crippen molar-refractivity contribution in [1.82, 2.24) is 24.8 Å². The van der Waals surface area contributed by atoms with Gasteiger partial charge in [-0.05, 0) is 36.6 Å². The first-order valence-electron chi connectivity index (χ1n) is 8.16. The largest absolute Gasteiger partial charge is 0.309 e. The zero-order chi connectivity index (χ0) is 15.6. The van der Waals surface area contributed by atoms with Gasteiger partial charge in [-0.25, -0.2) is 15.0 Å². The number of fused-ring (bicyclic) bond motifs is 1. The van der Waals surface area contributed by atoms with E-state index in [2.05, 4.69) is 43.2 Å². The lowest BCUT2D eigenvalue weighted by Gasteiger charge is -2.18. The quantitative estimate of drug-likeness (QED) is 0.926. The van der Waals surface area contributed by atoms with Gasteiger partial charge in [0.25, 0.3) is 0 Å². The highest BCUT2D eigenvalue weighted by molar-refractivity contribution is 5.47. The molecule has 0 aliphatic carbocycles. The van der Waals surface area contributed by atoms with Crippen molar-refractivity contribution in [1.29, 1.82) is 0 Å². The third-order valence-corrected chi connectivity index (χ3v) is 4.78. The van der Waals surface area contributed by atoms with Gasteiger partial charge in [0.05, 0.1) is 0 Å². The lowest BCUT2D eigenvalue weighted by atomic mass is 10.0. The van der Waals surface area contributed by atoms with Crippen LogP contribution in [0.1, 0.15) is 5.56 Å². The summed E-state index contributed by atoms with van der Waals surface area (Å²) < 4.78 is 0. The molecule has 2 saturated heterocycles. The van der Waals surface area contributed by atoms with E-state index >= 15 is 0 Å². The van der Waals surface area contributed by atoms with Crippen molar-refractivity contribution in [3.63, 3.8) is 0 Å². The number of anilines is 2. The number of likely N-dealkylation sites (tertiary alicyclic amines) is 2. The fraction of sp³-hybridized carbons (Fsp3) is 0.471. The molecule has 6 heteroatoms. The SMILES string of the molecule is CN1CC2CN(Cc3ccc(Nc4ncccn4)nc3)CC2C1. The summed E-state index contributed by atoms with van der Waals surface area (Å²) in [5.41, 5.74) is 1.26.